The molecule has 0 saturated heterocycles. The van der Waals surface area contributed by atoms with Crippen LogP contribution in [0.15, 0.2) is 48.5 Å². The molecule has 0 bridgehead atoms. The van der Waals surface area contributed by atoms with Crippen molar-refractivity contribution in [3.63, 3.8) is 0 Å². The second-order valence-corrected chi connectivity index (χ2v) is 7.08. The third-order valence-electron chi connectivity index (χ3n) is 4.70. The Morgan fingerprint density at radius 3 is 2.19 bits per heavy atom. The van der Waals surface area contributed by atoms with Crippen LogP contribution < -0.4 is 15.5 Å². The summed E-state index contributed by atoms with van der Waals surface area (Å²) in [6, 6.07) is 15.7. The number of amides is 2. The van der Waals surface area contributed by atoms with Crippen LogP contribution in [0.2, 0.25) is 0 Å². The number of hydrogen-bond acceptors (Lipinski definition) is 3. The van der Waals surface area contributed by atoms with E-state index in [4.69, 9.17) is 0 Å². The second-order valence-electron chi connectivity index (χ2n) is 7.08. The molecule has 2 atom stereocenters. The number of benzene rings is 2. The van der Waals surface area contributed by atoms with Gasteiger partial charge in [0.25, 0.3) is 0 Å². The SMILES string of the molecule is Cc1ccc(CNC(=O)C2CC2C(=O)Nc2ccc(N(C)C)cc2)cc1. The maximum Gasteiger partial charge on any atom is 0.228 e. The molecule has 0 aliphatic heterocycles. The number of carbonyl (C=O) groups excluding carboxylic acids is 2. The van der Waals surface area contributed by atoms with Gasteiger partial charge in [0.1, 0.15) is 0 Å². The lowest BCUT2D eigenvalue weighted by molar-refractivity contribution is -0.125. The second kappa shape index (κ2) is 7.60. The molecule has 2 N–H and O–H groups in total. The van der Waals surface area contributed by atoms with Gasteiger partial charge in [-0.25, -0.2) is 0 Å². The third-order valence-corrected chi connectivity index (χ3v) is 4.70. The first-order chi connectivity index (χ1) is 12.4. The molecule has 5 nitrogen and oxygen atoms in total. The Morgan fingerprint density at radius 1 is 0.962 bits per heavy atom. The average molecular weight is 351 g/mol. The molecule has 1 aliphatic carbocycles. The lowest BCUT2D eigenvalue weighted by Gasteiger charge is -2.13. The Bertz CT molecular complexity index is 782. The van der Waals surface area contributed by atoms with Crippen molar-refractivity contribution in [3.05, 3.63) is 59.7 Å². The van der Waals surface area contributed by atoms with E-state index in [2.05, 4.69) is 10.6 Å². The first kappa shape index (κ1) is 18.0. The van der Waals surface area contributed by atoms with Gasteiger partial charge in [0.15, 0.2) is 0 Å². The first-order valence-electron chi connectivity index (χ1n) is 8.85. The zero-order valence-corrected chi connectivity index (χ0v) is 15.5. The molecule has 26 heavy (non-hydrogen) atoms. The topological polar surface area (TPSA) is 61.4 Å². The van der Waals surface area contributed by atoms with Crippen molar-refractivity contribution in [1.82, 2.24) is 5.32 Å². The maximum atomic E-state index is 12.3. The first-order valence-corrected chi connectivity index (χ1v) is 8.85. The molecule has 1 fully saturated rings. The Morgan fingerprint density at radius 2 is 1.58 bits per heavy atom. The van der Waals surface area contributed by atoms with Crippen molar-refractivity contribution in [3.8, 4) is 0 Å². The largest absolute Gasteiger partial charge is 0.378 e. The molecule has 1 saturated carbocycles. The molecule has 2 aromatic rings. The van der Waals surface area contributed by atoms with Crippen molar-refractivity contribution >= 4 is 23.2 Å². The summed E-state index contributed by atoms with van der Waals surface area (Å²) in [5.74, 6) is -0.588. The zero-order chi connectivity index (χ0) is 18.7. The molecule has 2 amide bonds. The normalized spacial score (nSPS) is 18.1. The standard InChI is InChI=1S/C21H25N3O2/c1-14-4-6-15(7-5-14)13-22-20(25)18-12-19(18)21(26)23-16-8-10-17(11-9-16)24(2)3/h4-11,18-19H,12-13H2,1-3H3,(H,22,25)(H,23,26). The van der Waals surface area contributed by atoms with Crippen LogP contribution in [-0.2, 0) is 16.1 Å². The van der Waals surface area contributed by atoms with Crippen LogP contribution in [0, 0.1) is 18.8 Å². The zero-order valence-electron chi connectivity index (χ0n) is 15.5. The van der Waals surface area contributed by atoms with Gasteiger partial charge in [0.05, 0.1) is 11.8 Å². The Balaban J connectivity index is 1.47. The summed E-state index contributed by atoms with van der Waals surface area (Å²) in [7, 11) is 3.94. The van der Waals surface area contributed by atoms with Crippen molar-refractivity contribution in [2.24, 2.45) is 11.8 Å². The van der Waals surface area contributed by atoms with E-state index in [0.29, 0.717) is 13.0 Å². The van der Waals surface area contributed by atoms with Gasteiger partial charge in [-0.15, -0.1) is 0 Å². The van der Waals surface area contributed by atoms with Gasteiger partial charge in [-0.2, -0.15) is 0 Å². The van der Waals surface area contributed by atoms with E-state index in [9.17, 15) is 9.59 Å². The van der Waals surface area contributed by atoms with Crippen molar-refractivity contribution in [1.29, 1.82) is 0 Å². The monoisotopic (exact) mass is 351 g/mol. The fraction of sp³-hybridized carbons (Fsp3) is 0.333. The van der Waals surface area contributed by atoms with Gasteiger partial charge < -0.3 is 15.5 Å². The predicted molar refractivity (Wildman–Crippen MR) is 104 cm³/mol. The van der Waals surface area contributed by atoms with Crippen LogP contribution in [0.5, 0.6) is 0 Å². The molecular weight excluding hydrogens is 326 g/mol. The van der Waals surface area contributed by atoms with Crippen molar-refractivity contribution < 1.29 is 9.59 Å². The molecule has 2 unspecified atom stereocenters. The van der Waals surface area contributed by atoms with Gasteiger partial charge in [0.2, 0.25) is 11.8 Å². The number of carbonyl (C=O) groups is 2. The van der Waals surface area contributed by atoms with Gasteiger partial charge in [-0.05, 0) is 43.2 Å². The van der Waals surface area contributed by atoms with Crippen LogP contribution in [0.4, 0.5) is 11.4 Å². The summed E-state index contributed by atoms with van der Waals surface area (Å²) in [5, 5.41) is 5.82. The minimum absolute atomic E-state index is 0.0475. The van der Waals surface area contributed by atoms with Gasteiger partial charge in [0, 0.05) is 32.0 Å². The van der Waals surface area contributed by atoms with Crippen molar-refractivity contribution in [2.75, 3.05) is 24.3 Å². The Hall–Kier alpha value is -2.82. The van der Waals surface area contributed by atoms with Gasteiger partial charge in [-0.1, -0.05) is 29.8 Å². The number of nitrogens with one attached hydrogen (secondary N) is 2. The van der Waals surface area contributed by atoms with E-state index in [0.717, 1.165) is 16.9 Å². The molecule has 3 rings (SSSR count). The molecule has 0 aromatic heterocycles. The van der Waals surface area contributed by atoms with E-state index in [1.54, 1.807) is 0 Å². The molecule has 136 valence electrons. The highest BCUT2D eigenvalue weighted by atomic mass is 16.2. The van der Waals surface area contributed by atoms with E-state index < -0.39 is 0 Å². The summed E-state index contributed by atoms with van der Waals surface area (Å²) >= 11 is 0. The summed E-state index contributed by atoms with van der Waals surface area (Å²) in [5.41, 5.74) is 4.08. The van der Waals surface area contributed by atoms with E-state index >= 15 is 0 Å². The summed E-state index contributed by atoms with van der Waals surface area (Å²) in [4.78, 5) is 26.6. The lowest BCUT2D eigenvalue weighted by Crippen LogP contribution is -2.27. The summed E-state index contributed by atoms with van der Waals surface area (Å²) < 4.78 is 0. The highest BCUT2D eigenvalue weighted by Crippen LogP contribution is 2.39. The fourth-order valence-electron chi connectivity index (χ4n) is 2.88. The van der Waals surface area contributed by atoms with Gasteiger partial charge in [-0.3, -0.25) is 9.59 Å². The highest BCUT2D eigenvalue weighted by molar-refractivity contribution is 5.99. The summed E-state index contributed by atoms with van der Waals surface area (Å²) in [6.45, 7) is 2.53. The molecular formula is C21H25N3O2. The molecule has 0 radical (unpaired) electrons. The molecule has 5 heteroatoms. The minimum atomic E-state index is -0.235. The van der Waals surface area contributed by atoms with Crippen LogP contribution in [-0.4, -0.2) is 25.9 Å². The fourth-order valence-corrected chi connectivity index (χ4v) is 2.88. The number of rotatable bonds is 6. The van der Waals surface area contributed by atoms with Crippen molar-refractivity contribution in [2.45, 2.75) is 19.9 Å². The molecule has 1 aliphatic rings. The Kier molecular flexibility index (Phi) is 5.26. The molecule has 2 aromatic carbocycles. The van der Waals surface area contributed by atoms with Crippen LogP contribution >= 0.6 is 0 Å². The maximum absolute atomic E-state index is 12.3. The number of anilines is 2. The average Bonchev–Trinajstić information content (AvgIpc) is 3.42. The van der Waals surface area contributed by atoms with Crippen LogP contribution in [0.1, 0.15) is 17.5 Å². The number of aryl methyl sites for hydroxylation is 1. The van der Waals surface area contributed by atoms with E-state index in [1.807, 2.05) is 74.4 Å². The highest BCUT2D eigenvalue weighted by Gasteiger charge is 2.47. The molecule has 0 spiro atoms. The van der Waals surface area contributed by atoms with Crippen LogP contribution in [0.3, 0.4) is 0 Å². The third kappa shape index (κ3) is 4.42. The summed E-state index contributed by atoms with van der Waals surface area (Å²) in [6.07, 6.45) is 0.612. The van der Waals surface area contributed by atoms with Crippen LogP contribution in [0.25, 0.3) is 0 Å². The Labute approximate surface area is 154 Å². The number of nitrogens with zero attached hydrogens (tertiary/aromatic N) is 1. The van der Waals surface area contributed by atoms with E-state index in [1.165, 1.54) is 5.56 Å². The smallest absolute Gasteiger partial charge is 0.228 e. The quantitative estimate of drug-likeness (QED) is 0.841. The molecule has 0 heterocycles. The lowest BCUT2D eigenvalue weighted by atomic mass is 10.1. The van der Waals surface area contributed by atoms with E-state index in [-0.39, 0.29) is 23.7 Å². The van der Waals surface area contributed by atoms with Gasteiger partial charge >= 0.3 is 0 Å². The number of hydrogen-bond donors (Lipinski definition) is 2. The minimum Gasteiger partial charge on any atom is -0.378 e. The predicted octanol–water partition coefficient (Wildman–Crippen LogP) is 2.95.